The third kappa shape index (κ3) is 5.24. The molecule has 0 fully saturated rings. The Hall–Kier alpha value is -1.79. The van der Waals surface area contributed by atoms with Gasteiger partial charge in [-0.15, -0.1) is 0 Å². The topological polar surface area (TPSA) is 102 Å². The molecular formula is C14H19ClN2O4. The number of ether oxygens (including phenoxy) is 1. The number of carbonyl (C=O) groups is 2. The summed E-state index contributed by atoms with van der Waals surface area (Å²) in [5.74, 6) is -0.875. The van der Waals surface area contributed by atoms with E-state index in [1.54, 1.807) is 12.1 Å². The van der Waals surface area contributed by atoms with Gasteiger partial charge in [-0.3, -0.25) is 9.59 Å². The summed E-state index contributed by atoms with van der Waals surface area (Å²) in [6.07, 6.45) is -0.167. The van der Waals surface area contributed by atoms with Crippen LogP contribution in [0.15, 0.2) is 18.2 Å². The Morgan fingerprint density at radius 2 is 2.10 bits per heavy atom. The van der Waals surface area contributed by atoms with Crippen molar-refractivity contribution in [2.75, 3.05) is 7.11 Å². The Morgan fingerprint density at radius 3 is 2.57 bits per heavy atom. The third-order valence-corrected chi connectivity index (χ3v) is 2.92. The minimum absolute atomic E-state index is 0.167. The molecule has 0 aliphatic heterocycles. The average Bonchev–Trinajstić information content (AvgIpc) is 2.33. The zero-order chi connectivity index (χ0) is 16.2. The van der Waals surface area contributed by atoms with E-state index < -0.39 is 23.5 Å². The van der Waals surface area contributed by atoms with Crippen LogP contribution >= 0.6 is 11.6 Å². The van der Waals surface area contributed by atoms with E-state index in [0.29, 0.717) is 16.3 Å². The van der Waals surface area contributed by atoms with Gasteiger partial charge >= 0.3 is 0 Å². The fourth-order valence-corrected chi connectivity index (χ4v) is 2.02. The monoisotopic (exact) mass is 314 g/mol. The summed E-state index contributed by atoms with van der Waals surface area (Å²) >= 11 is 5.91. The van der Waals surface area contributed by atoms with Crippen molar-refractivity contribution < 1.29 is 19.4 Å². The highest BCUT2D eigenvalue weighted by molar-refractivity contribution is 6.30. The van der Waals surface area contributed by atoms with Crippen molar-refractivity contribution in [2.24, 2.45) is 5.73 Å². The second-order valence-corrected chi connectivity index (χ2v) is 5.71. The lowest BCUT2D eigenvalue weighted by atomic mass is 10.0. The molecule has 6 nitrogen and oxygen atoms in total. The maximum atomic E-state index is 11.9. The molecule has 4 N–H and O–H groups in total. The molecule has 0 radical (unpaired) electrons. The van der Waals surface area contributed by atoms with E-state index >= 15 is 0 Å². The lowest BCUT2D eigenvalue weighted by Crippen LogP contribution is -2.40. The molecule has 0 saturated carbocycles. The second kappa shape index (κ2) is 6.78. The van der Waals surface area contributed by atoms with Crippen molar-refractivity contribution in [1.29, 1.82) is 0 Å². The first-order chi connectivity index (χ1) is 9.64. The van der Waals surface area contributed by atoms with Crippen LogP contribution in [-0.2, 0) is 9.59 Å². The molecule has 2 amide bonds. The number of benzene rings is 1. The van der Waals surface area contributed by atoms with E-state index in [-0.39, 0.29) is 6.42 Å². The number of aliphatic hydroxyl groups is 1. The molecule has 1 aromatic rings. The van der Waals surface area contributed by atoms with Gasteiger partial charge < -0.3 is 20.9 Å². The summed E-state index contributed by atoms with van der Waals surface area (Å²) in [6.45, 7) is 2.98. The summed E-state index contributed by atoms with van der Waals surface area (Å²) in [4.78, 5) is 23.5. The van der Waals surface area contributed by atoms with E-state index in [0.717, 1.165) is 0 Å². The van der Waals surface area contributed by atoms with Crippen LogP contribution in [0.25, 0.3) is 0 Å². The predicted molar refractivity (Wildman–Crippen MR) is 79.0 cm³/mol. The molecule has 1 unspecified atom stereocenters. The summed E-state index contributed by atoms with van der Waals surface area (Å²) in [5.41, 5.74) is 4.51. The van der Waals surface area contributed by atoms with Gasteiger partial charge in [0.05, 0.1) is 19.1 Å². The van der Waals surface area contributed by atoms with Crippen LogP contribution in [0.5, 0.6) is 5.75 Å². The largest absolute Gasteiger partial charge is 0.496 e. The van der Waals surface area contributed by atoms with Crippen molar-refractivity contribution >= 4 is 23.4 Å². The smallest absolute Gasteiger partial charge is 0.244 e. The van der Waals surface area contributed by atoms with E-state index in [1.165, 1.54) is 27.0 Å². The molecule has 1 aromatic carbocycles. The first kappa shape index (κ1) is 17.3. The van der Waals surface area contributed by atoms with Gasteiger partial charge in [0, 0.05) is 10.6 Å². The van der Waals surface area contributed by atoms with E-state index in [9.17, 15) is 14.7 Å². The van der Waals surface area contributed by atoms with Crippen molar-refractivity contribution in [2.45, 2.75) is 31.9 Å². The highest BCUT2D eigenvalue weighted by atomic mass is 35.5. The van der Waals surface area contributed by atoms with Crippen LogP contribution in [0.2, 0.25) is 5.02 Å². The maximum Gasteiger partial charge on any atom is 0.244 e. The molecule has 1 atom stereocenters. The molecule has 116 valence electrons. The van der Waals surface area contributed by atoms with E-state index in [2.05, 4.69) is 5.32 Å². The zero-order valence-electron chi connectivity index (χ0n) is 12.1. The number of primary amides is 1. The molecule has 0 bridgehead atoms. The van der Waals surface area contributed by atoms with Crippen LogP contribution in [-0.4, -0.2) is 29.6 Å². The van der Waals surface area contributed by atoms with Gasteiger partial charge in [0.15, 0.2) is 0 Å². The number of nitrogens with two attached hydrogens (primary N) is 1. The second-order valence-electron chi connectivity index (χ2n) is 5.28. The summed E-state index contributed by atoms with van der Waals surface area (Å²) in [5, 5.41) is 12.5. The number of nitrogens with one attached hydrogen (secondary N) is 1. The van der Waals surface area contributed by atoms with Crippen molar-refractivity contribution in [1.82, 2.24) is 5.32 Å². The minimum Gasteiger partial charge on any atom is -0.496 e. The SMILES string of the molecule is COc1ccc(Cl)cc1C(NC(=O)CC(C)(C)O)C(N)=O. The van der Waals surface area contributed by atoms with E-state index in [1.807, 2.05) is 0 Å². The van der Waals surface area contributed by atoms with Gasteiger partial charge in [-0.2, -0.15) is 0 Å². The Morgan fingerprint density at radius 1 is 1.48 bits per heavy atom. The fourth-order valence-electron chi connectivity index (χ4n) is 1.84. The molecule has 0 heterocycles. The highest BCUT2D eigenvalue weighted by Crippen LogP contribution is 2.28. The first-order valence-corrected chi connectivity index (χ1v) is 6.66. The average molecular weight is 315 g/mol. The first-order valence-electron chi connectivity index (χ1n) is 6.28. The van der Waals surface area contributed by atoms with Crippen LogP contribution in [0.3, 0.4) is 0 Å². The molecule has 0 saturated heterocycles. The van der Waals surface area contributed by atoms with E-state index in [4.69, 9.17) is 22.1 Å². The minimum atomic E-state index is -1.19. The molecule has 0 aromatic heterocycles. The lowest BCUT2D eigenvalue weighted by molar-refractivity contribution is -0.130. The van der Waals surface area contributed by atoms with Crippen LogP contribution < -0.4 is 15.8 Å². The van der Waals surface area contributed by atoms with Crippen molar-refractivity contribution in [3.8, 4) is 5.75 Å². The standard InChI is InChI=1S/C14H19ClN2O4/c1-14(2,20)7-11(18)17-12(13(16)19)9-6-8(15)4-5-10(9)21-3/h4-6,12,20H,7H2,1-3H3,(H2,16,19)(H,17,18). The number of carbonyl (C=O) groups excluding carboxylic acids is 2. The normalized spacial score (nSPS) is 12.6. The number of hydrogen-bond acceptors (Lipinski definition) is 4. The zero-order valence-corrected chi connectivity index (χ0v) is 12.9. The molecule has 0 aliphatic rings. The Bertz CT molecular complexity index is 540. The Kier molecular flexibility index (Phi) is 5.57. The molecule has 7 heteroatoms. The van der Waals surface area contributed by atoms with Crippen LogP contribution in [0, 0.1) is 0 Å². The predicted octanol–water partition coefficient (Wildman–Crippen LogP) is 1.15. The maximum absolute atomic E-state index is 11.9. The highest BCUT2D eigenvalue weighted by Gasteiger charge is 2.26. The van der Waals surface area contributed by atoms with Gasteiger partial charge in [0.2, 0.25) is 11.8 Å². The number of methoxy groups -OCH3 is 1. The third-order valence-electron chi connectivity index (χ3n) is 2.69. The Balaban J connectivity index is 3.05. The summed E-state index contributed by atoms with van der Waals surface area (Å²) in [7, 11) is 1.43. The summed E-state index contributed by atoms with van der Waals surface area (Å²) in [6, 6.07) is 3.59. The van der Waals surface area contributed by atoms with Gasteiger partial charge in [0.25, 0.3) is 0 Å². The van der Waals surface area contributed by atoms with Crippen LogP contribution in [0.1, 0.15) is 31.9 Å². The quantitative estimate of drug-likeness (QED) is 0.733. The molecule has 0 aliphatic carbocycles. The van der Waals surface area contributed by atoms with Gasteiger partial charge in [-0.05, 0) is 32.0 Å². The Labute approximate surface area is 128 Å². The molecule has 1 rings (SSSR count). The fraction of sp³-hybridized carbons (Fsp3) is 0.429. The van der Waals surface area contributed by atoms with Gasteiger partial charge in [0.1, 0.15) is 11.8 Å². The van der Waals surface area contributed by atoms with Crippen LogP contribution in [0.4, 0.5) is 0 Å². The van der Waals surface area contributed by atoms with Crippen molar-refractivity contribution in [3.63, 3.8) is 0 Å². The van der Waals surface area contributed by atoms with Gasteiger partial charge in [-0.25, -0.2) is 0 Å². The molecular weight excluding hydrogens is 296 g/mol. The van der Waals surface area contributed by atoms with Gasteiger partial charge in [-0.1, -0.05) is 11.6 Å². The number of hydrogen-bond donors (Lipinski definition) is 3. The van der Waals surface area contributed by atoms with Crippen molar-refractivity contribution in [3.05, 3.63) is 28.8 Å². The molecule has 0 spiro atoms. The lowest BCUT2D eigenvalue weighted by Gasteiger charge is -2.21. The molecule has 21 heavy (non-hydrogen) atoms. The number of rotatable bonds is 6. The number of amides is 2. The summed E-state index contributed by atoms with van der Waals surface area (Å²) < 4.78 is 5.15. The number of halogens is 1.